The van der Waals surface area contributed by atoms with Crippen molar-refractivity contribution in [1.29, 1.82) is 0 Å². The SMILES string of the molecule is CCCNC(CCN1CCC2CCCCC2C1)C(=O)OC. The number of esters is 1. The van der Waals surface area contributed by atoms with Gasteiger partial charge in [0.1, 0.15) is 6.04 Å². The lowest BCUT2D eigenvalue weighted by atomic mass is 9.75. The second-order valence-electron chi connectivity index (χ2n) is 6.71. The lowest BCUT2D eigenvalue weighted by Gasteiger charge is -2.41. The third-order valence-electron chi connectivity index (χ3n) is 5.24. The van der Waals surface area contributed by atoms with Gasteiger partial charge in [0.15, 0.2) is 0 Å². The van der Waals surface area contributed by atoms with Crippen LogP contribution in [-0.2, 0) is 9.53 Å². The third kappa shape index (κ3) is 4.96. The molecule has 1 heterocycles. The molecule has 0 aromatic heterocycles. The summed E-state index contributed by atoms with van der Waals surface area (Å²) in [6.45, 7) is 6.47. The molecule has 1 N–H and O–H groups in total. The van der Waals surface area contributed by atoms with Crippen LogP contribution >= 0.6 is 0 Å². The van der Waals surface area contributed by atoms with Gasteiger partial charge < -0.3 is 15.0 Å². The summed E-state index contributed by atoms with van der Waals surface area (Å²) in [5.74, 6) is 1.77. The summed E-state index contributed by atoms with van der Waals surface area (Å²) >= 11 is 0. The van der Waals surface area contributed by atoms with Gasteiger partial charge in [0, 0.05) is 13.1 Å². The maximum atomic E-state index is 11.8. The quantitative estimate of drug-likeness (QED) is 0.733. The molecule has 4 heteroatoms. The monoisotopic (exact) mass is 296 g/mol. The van der Waals surface area contributed by atoms with Gasteiger partial charge >= 0.3 is 5.97 Å². The molecular formula is C17H32N2O2. The summed E-state index contributed by atoms with van der Waals surface area (Å²) in [6, 6.07) is -0.140. The van der Waals surface area contributed by atoms with Crippen LogP contribution < -0.4 is 5.32 Å². The number of piperidine rings is 1. The normalized spacial score (nSPS) is 27.9. The van der Waals surface area contributed by atoms with E-state index >= 15 is 0 Å². The van der Waals surface area contributed by atoms with Crippen molar-refractivity contribution >= 4 is 5.97 Å². The zero-order valence-corrected chi connectivity index (χ0v) is 13.8. The Kier molecular flexibility index (Phi) is 6.97. The van der Waals surface area contributed by atoms with Gasteiger partial charge in [-0.3, -0.25) is 4.79 Å². The molecule has 2 aliphatic rings. The van der Waals surface area contributed by atoms with Crippen LogP contribution in [0.3, 0.4) is 0 Å². The summed E-state index contributed by atoms with van der Waals surface area (Å²) in [5, 5.41) is 3.31. The van der Waals surface area contributed by atoms with Gasteiger partial charge in [-0.25, -0.2) is 0 Å². The second-order valence-corrected chi connectivity index (χ2v) is 6.71. The number of rotatable bonds is 7. The van der Waals surface area contributed by atoms with E-state index in [4.69, 9.17) is 4.74 Å². The number of hydrogen-bond donors (Lipinski definition) is 1. The fourth-order valence-corrected chi connectivity index (χ4v) is 3.96. The zero-order valence-electron chi connectivity index (χ0n) is 13.8. The highest BCUT2D eigenvalue weighted by atomic mass is 16.5. The molecule has 1 saturated heterocycles. The third-order valence-corrected chi connectivity index (χ3v) is 5.24. The predicted molar refractivity (Wildman–Crippen MR) is 85.2 cm³/mol. The Labute approximate surface area is 129 Å². The predicted octanol–water partition coefficient (Wildman–Crippen LogP) is 2.43. The Bertz CT molecular complexity index is 322. The van der Waals surface area contributed by atoms with Gasteiger partial charge in [0.25, 0.3) is 0 Å². The summed E-state index contributed by atoms with van der Waals surface area (Å²) in [5.41, 5.74) is 0. The van der Waals surface area contributed by atoms with E-state index in [0.29, 0.717) is 0 Å². The number of carbonyl (C=O) groups excluding carboxylic acids is 1. The van der Waals surface area contributed by atoms with Crippen LogP contribution in [-0.4, -0.2) is 50.2 Å². The fraction of sp³-hybridized carbons (Fsp3) is 0.941. The van der Waals surface area contributed by atoms with E-state index in [9.17, 15) is 4.79 Å². The first-order valence-corrected chi connectivity index (χ1v) is 8.78. The van der Waals surface area contributed by atoms with Gasteiger partial charge in [-0.15, -0.1) is 0 Å². The molecular weight excluding hydrogens is 264 g/mol. The number of nitrogens with one attached hydrogen (secondary N) is 1. The van der Waals surface area contributed by atoms with Crippen molar-refractivity contribution in [3.8, 4) is 0 Å². The molecule has 1 saturated carbocycles. The Morgan fingerprint density at radius 2 is 2.05 bits per heavy atom. The van der Waals surface area contributed by atoms with E-state index in [1.165, 1.54) is 52.3 Å². The molecule has 4 nitrogen and oxygen atoms in total. The maximum Gasteiger partial charge on any atom is 0.322 e. The number of nitrogens with zero attached hydrogens (tertiary/aromatic N) is 1. The molecule has 0 aromatic rings. The van der Waals surface area contributed by atoms with E-state index in [1.54, 1.807) is 0 Å². The van der Waals surface area contributed by atoms with Crippen LogP contribution in [0, 0.1) is 11.8 Å². The minimum absolute atomic E-state index is 0.115. The fourth-order valence-electron chi connectivity index (χ4n) is 3.96. The van der Waals surface area contributed by atoms with E-state index < -0.39 is 0 Å². The molecule has 1 aliphatic heterocycles. The topological polar surface area (TPSA) is 41.6 Å². The highest BCUT2D eigenvalue weighted by Gasteiger charge is 2.31. The van der Waals surface area contributed by atoms with Gasteiger partial charge in [-0.2, -0.15) is 0 Å². The largest absolute Gasteiger partial charge is 0.468 e. The lowest BCUT2D eigenvalue weighted by molar-refractivity contribution is -0.143. The summed E-state index contributed by atoms with van der Waals surface area (Å²) < 4.78 is 4.92. The molecule has 122 valence electrons. The molecule has 0 aromatic carbocycles. The van der Waals surface area contributed by atoms with Crippen molar-refractivity contribution in [2.45, 2.75) is 57.9 Å². The van der Waals surface area contributed by atoms with Crippen LogP contribution in [0.2, 0.25) is 0 Å². The van der Waals surface area contributed by atoms with Gasteiger partial charge in [0.05, 0.1) is 7.11 Å². The number of methoxy groups -OCH3 is 1. The van der Waals surface area contributed by atoms with E-state index in [1.807, 2.05) is 0 Å². The molecule has 0 amide bonds. The average Bonchev–Trinajstić information content (AvgIpc) is 2.54. The highest BCUT2D eigenvalue weighted by molar-refractivity contribution is 5.75. The summed E-state index contributed by atoms with van der Waals surface area (Å²) in [7, 11) is 1.48. The molecule has 3 unspecified atom stereocenters. The molecule has 3 atom stereocenters. The second kappa shape index (κ2) is 8.74. The van der Waals surface area contributed by atoms with Crippen molar-refractivity contribution in [2.24, 2.45) is 11.8 Å². The maximum absolute atomic E-state index is 11.8. The van der Waals surface area contributed by atoms with Crippen molar-refractivity contribution in [2.75, 3.05) is 33.3 Å². The molecule has 1 aliphatic carbocycles. The van der Waals surface area contributed by atoms with Crippen molar-refractivity contribution in [3.05, 3.63) is 0 Å². The molecule has 2 fully saturated rings. The van der Waals surface area contributed by atoms with Gasteiger partial charge in [0.2, 0.25) is 0 Å². The van der Waals surface area contributed by atoms with Crippen molar-refractivity contribution in [1.82, 2.24) is 10.2 Å². The Hall–Kier alpha value is -0.610. The Balaban J connectivity index is 1.76. The number of hydrogen-bond acceptors (Lipinski definition) is 4. The van der Waals surface area contributed by atoms with Crippen LogP contribution in [0.15, 0.2) is 0 Å². The van der Waals surface area contributed by atoms with E-state index in [2.05, 4.69) is 17.1 Å². The van der Waals surface area contributed by atoms with Crippen LogP contribution in [0.4, 0.5) is 0 Å². The molecule has 2 rings (SSSR count). The number of fused-ring (bicyclic) bond motifs is 1. The van der Waals surface area contributed by atoms with Crippen molar-refractivity contribution in [3.63, 3.8) is 0 Å². The smallest absolute Gasteiger partial charge is 0.322 e. The standard InChI is InChI=1S/C17H32N2O2/c1-3-10-18-16(17(20)21-2)9-12-19-11-8-14-6-4-5-7-15(14)13-19/h14-16,18H,3-13H2,1-2H3. The zero-order chi connectivity index (χ0) is 15.1. The minimum Gasteiger partial charge on any atom is -0.468 e. The summed E-state index contributed by atoms with van der Waals surface area (Å²) in [6.07, 6.45) is 8.97. The number of likely N-dealkylation sites (tertiary alicyclic amines) is 1. The van der Waals surface area contributed by atoms with E-state index in [0.717, 1.165) is 37.8 Å². The van der Waals surface area contributed by atoms with E-state index in [-0.39, 0.29) is 12.0 Å². The minimum atomic E-state index is -0.140. The molecule has 0 bridgehead atoms. The first-order chi connectivity index (χ1) is 10.2. The molecule has 0 spiro atoms. The van der Waals surface area contributed by atoms with Crippen LogP contribution in [0.25, 0.3) is 0 Å². The Morgan fingerprint density at radius 1 is 1.29 bits per heavy atom. The number of carbonyl (C=O) groups is 1. The first kappa shape index (κ1) is 16.8. The Morgan fingerprint density at radius 3 is 2.76 bits per heavy atom. The molecule has 21 heavy (non-hydrogen) atoms. The van der Waals surface area contributed by atoms with Crippen LogP contribution in [0.5, 0.6) is 0 Å². The number of ether oxygens (including phenoxy) is 1. The van der Waals surface area contributed by atoms with Gasteiger partial charge in [-0.1, -0.05) is 26.2 Å². The lowest BCUT2D eigenvalue weighted by Crippen LogP contribution is -2.45. The van der Waals surface area contributed by atoms with Gasteiger partial charge in [-0.05, 0) is 50.6 Å². The highest BCUT2D eigenvalue weighted by Crippen LogP contribution is 2.35. The summed E-state index contributed by atoms with van der Waals surface area (Å²) in [4.78, 5) is 14.4. The average molecular weight is 296 g/mol. The van der Waals surface area contributed by atoms with Crippen molar-refractivity contribution < 1.29 is 9.53 Å². The first-order valence-electron chi connectivity index (χ1n) is 8.78. The molecule has 0 radical (unpaired) electrons. The van der Waals surface area contributed by atoms with Crippen LogP contribution in [0.1, 0.15) is 51.9 Å².